The minimum Gasteiger partial charge on any atom is -0.403 e. The molecule has 0 rings (SSSR count). The van der Waals surface area contributed by atoms with Crippen LogP contribution in [0.2, 0.25) is 18.1 Å². The molecule has 0 aliphatic rings. The van der Waals surface area contributed by atoms with Gasteiger partial charge in [0.05, 0.1) is 0 Å². The summed E-state index contributed by atoms with van der Waals surface area (Å²) in [5, 5.41) is 0.239. The quantitative estimate of drug-likeness (QED) is 0.297. The maximum atomic E-state index is 6.28. The van der Waals surface area contributed by atoms with Crippen LogP contribution in [-0.4, -0.2) is 14.4 Å². The molecular weight excluding hydrogens is 248 g/mol. The van der Waals surface area contributed by atoms with E-state index in [4.69, 9.17) is 10.8 Å². The first kappa shape index (κ1) is 18.7. The lowest BCUT2D eigenvalue weighted by Crippen LogP contribution is -2.43. The van der Waals surface area contributed by atoms with Crippen LogP contribution < -0.4 is 0 Å². The Balaban J connectivity index is 4.00. The summed E-state index contributed by atoms with van der Waals surface area (Å²) in [6, 6.07) is 0. The van der Waals surface area contributed by atoms with Crippen molar-refractivity contribution in [3.05, 3.63) is 0 Å². The lowest BCUT2D eigenvalue weighted by molar-refractivity contribution is 0.219. The summed E-state index contributed by atoms with van der Waals surface area (Å²) in [5.74, 6) is 2.84. The number of rotatable bonds is 9. The van der Waals surface area contributed by atoms with Gasteiger partial charge in [0, 0.05) is 0 Å². The smallest absolute Gasteiger partial charge is 0.193 e. The van der Waals surface area contributed by atoms with Crippen LogP contribution in [0.5, 0.6) is 0 Å². The first-order valence-corrected chi connectivity index (χ1v) is 10.8. The lowest BCUT2D eigenvalue weighted by Gasteiger charge is -2.38. The summed E-state index contributed by atoms with van der Waals surface area (Å²) >= 11 is 0. The summed E-state index contributed by atoms with van der Waals surface area (Å²) in [4.78, 5) is 0. The highest BCUT2D eigenvalue weighted by molar-refractivity contribution is 6.74. The highest BCUT2D eigenvalue weighted by Crippen LogP contribution is 2.37. The zero-order valence-electron chi connectivity index (χ0n) is 14.0. The summed E-state index contributed by atoms with van der Waals surface area (Å²) in [6.45, 7) is 13.6. The van der Waals surface area contributed by atoms with Crippen molar-refractivity contribution in [3.63, 3.8) is 0 Å². The fourth-order valence-electron chi connectivity index (χ4n) is 1.82. The first-order chi connectivity index (χ1) is 8.74. The average Bonchev–Trinajstić information content (AvgIpc) is 2.30. The Morgan fingerprint density at radius 1 is 1.05 bits per heavy atom. The van der Waals surface area contributed by atoms with Crippen LogP contribution in [0.1, 0.15) is 72.6 Å². The molecule has 0 radical (unpaired) electrons. The van der Waals surface area contributed by atoms with Gasteiger partial charge in [0.1, 0.15) is 6.10 Å². The van der Waals surface area contributed by atoms with Crippen molar-refractivity contribution < 1.29 is 4.43 Å². The minimum atomic E-state index is -1.71. The molecule has 0 saturated carbocycles. The average molecular weight is 283 g/mol. The molecule has 112 valence electrons. The highest BCUT2D eigenvalue weighted by Gasteiger charge is 2.38. The number of unbranched alkanes of at least 4 members (excludes halogenated alkanes) is 5. The molecule has 0 N–H and O–H groups in total. The van der Waals surface area contributed by atoms with E-state index < -0.39 is 8.32 Å². The molecule has 0 fully saturated rings. The van der Waals surface area contributed by atoms with E-state index in [1.165, 1.54) is 38.5 Å². The van der Waals surface area contributed by atoms with Gasteiger partial charge in [0.2, 0.25) is 0 Å². The number of hydrogen-bond acceptors (Lipinski definition) is 1. The van der Waals surface area contributed by atoms with E-state index in [-0.39, 0.29) is 11.1 Å². The van der Waals surface area contributed by atoms with Crippen LogP contribution >= 0.6 is 0 Å². The zero-order valence-corrected chi connectivity index (χ0v) is 15.0. The van der Waals surface area contributed by atoms with Crippen molar-refractivity contribution in [2.75, 3.05) is 0 Å². The van der Waals surface area contributed by atoms with E-state index in [9.17, 15) is 0 Å². The molecule has 0 amide bonds. The fourth-order valence-corrected chi connectivity index (χ4v) is 3.07. The zero-order chi connectivity index (χ0) is 14.9. The lowest BCUT2D eigenvalue weighted by atomic mass is 10.1. The molecular formula is C17H34OSi. The number of terminal acetylenes is 1. The van der Waals surface area contributed by atoms with Gasteiger partial charge >= 0.3 is 0 Å². The maximum Gasteiger partial charge on any atom is 0.193 e. The third-order valence-corrected chi connectivity index (χ3v) is 8.73. The topological polar surface area (TPSA) is 9.23 Å². The van der Waals surface area contributed by atoms with Gasteiger partial charge in [-0.3, -0.25) is 0 Å². The normalized spacial score (nSPS) is 14.2. The van der Waals surface area contributed by atoms with Gasteiger partial charge in [-0.05, 0) is 31.0 Å². The van der Waals surface area contributed by atoms with E-state index >= 15 is 0 Å². The summed E-state index contributed by atoms with van der Waals surface area (Å²) < 4.78 is 6.28. The van der Waals surface area contributed by atoms with Gasteiger partial charge in [-0.2, -0.15) is 0 Å². The van der Waals surface area contributed by atoms with E-state index in [2.05, 4.69) is 46.7 Å². The van der Waals surface area contributed by atoms with Gasteiger partial charge in [-0.15, -0.1) is 6.42 Å². The van der Waals surface area contributed by atoms with E-state index in [1.807, 2.05) is 0 Å². The van der Waals surface area contributed by atoms with Gasteiger partial charge < -0.3 is 4.43 Å². The Labute approximate surface area is 122 Å². The van der Waals surface area contributed by atoms with Crippen LogP contribution in [0.25, 0.3) is 0 Å². The SMILES string of the molecule is C#CC(CCCCCCCC)O[Si](C)(C)C(C)(C)C. The van der Waals surface area contributed by atoms with Crippen LogP contribution in [-0.2, 0) is 4.43 Å². The van der Waals surface area contributed by atoms with Crippen molar-refractivity contribution in [3.8, 4) is 12.3 Å². The monoisotopic (exact) mass is 282 g/mol. The van der Waals surface area contributed by atoms with Crippen molar-refractivity contribution in [1.29, 1.82) is 0 Å². The molecule has 0 bridgehead atoms. The van der Waals surface area contributed by atoms with Crippen molar-refractivity contribution in [2.24, 2.45) is 0 Å². The minimum absolute atomic E-state index is 0.0204. The van der Waals surface area contributed by atoms with Crippen molar-refractivity contribution in [2.45, 2.75) is 96.9 Å². The Bertz CT molecular complexity index is 270. The predicted molar refractivity (Wildman–Crippen MR) is 88.9 cm³/mol. The molecule has 0 spiro atoms. The van der Waals surface area contributed by atoms with E-state index in [0.717, 1.165) is 6.42 Å². The fraction of sp³-hybridized carbons (Fsp3) is 0.882. The first-order valence-electron chi connectivity index (χ1n) is 7.88. The van der Waals surface area contributed by atoms with Crippen LogP contribution in [0.3, 0.4) is 0 Å². The molecule has 0 aromatic carbocycles. The van der Waals surface area contributed by atoms with Crippen LogP contribution in [0.4, 0.5) is 0 Å². The molecule has 1 nitrogen and oxygen atoms in total. The third kappa shape index (κ3) is 7.80. The van der Waals surface area contributed by atoms with Crippen LogP contribution in [0.15, 0.2) is 0 Å². The molecule has 0 aliphatic heterocycles. The number of hydrogen-bond donors (Lipinski definition) is 0. The second-order valence-electron chi connectivity index (χ2n) is 7.09. The molecule has 0 aliphatic carbocycles. The Morgan fingerprint density at radius 3 is 2.05 bits per heavy atom. The largest absolute Gasteiger partial charge is 0.403 e. The highest BCUT2D eigenvalue weighted by atomic mass is 28.4. The second kappa shape index (κ2) is 8.82. The second-order valence-corrected chi connectivity index (χ2v) is 11.8. The molecule has 0 aromatic heterocycles. The molecule has 1 atom stereocenters. The van der Waals surface area contributed by atoms with Gasteiger partial charge in [-0.25, -0.2) is 0 Å². The van der Waals surface area contributed by atoms with E-state index in [0.29, 0.717) is 0 Å². The third-order valence-electron chi connectivity index (χ3n) is 4.25. The molecule has 19 heavy (non-hydrogen) atoms. The van der Waals surface area contributed by atoms with Gasteiger partial charge in [-0.1, -0.05) is 65.7 Å². The van der Waals surface area contributed by atoms with Gasteiger partial charge in [0.15, 0.2) is 8.32 Å². The van der Waals surface area contributed by atoms with Crippen LogP contribution in [0, 0.1) is 12.3 Å². The maximum absolute atomic E-state index is 6.28. The summed E-state index contributed by atoms with van der Waals surface area (Å²) in [5.41, 5.74) is 0. The van der Waals surface area contributed by atoms with Gasteiger partial charge in [0.25, 0.3) is 0 Å². The molecule has 0 aromatic rings. The molecule has 0 heterocycles. The molecule has 1 unspecified atom stereocenters. The Morgan fingerprint density at radius 2 is 1.58 bits per heavy atom. The molecule has 2 heteroatoms. The summed E-state index contributed by atoms with van der Waals surface area (Å²) in [7, 11) is -1.71. The van der Waals surface area contributed by atoms with Crippen molar-refractivity contribution in [1.82, 2.24) is 0 Å². The molecule has 0 saturated heterocycles. The predicted octanol–water partition coefficient (Wildman–Crippen LogP) is 5.76. The Hall–Kier alpha value is -0.263. The summed E-state index contributed by atoms with van der Waals surface area (Å²) in [6.07, 6.45) is 14.5. The Kier molecular flexibility index (Phi) is 8.70. The standard InChI is InChI=1S/C17H34OSi/c1-8-10-11-12-13-14-15-16(9-2)18-19(6,7)17(3,4)5/h2,16H,8,10-15H2,1,3-7H3. The van der Waals surface area contributed by atoms with E-state index in [1.54, 1.807) is 0 Å². The van der Waals surface area contributed by atoms with Crippen molar-refractivity contribution >= 4 is 8.32 Å².